The molecule has 0 N–H and O–H groups in total. The summed E-state index contributed by atoms with van der Waals surface area (Å²) in [5.74, 6) is 0. The van der Waals surface area contributed by atoms with Crippen LogP contribution in [-0.4, -0.2) is 9.78 Å². The van der Waals surface area contributed by atoms with Crippen molar-refractivity contribution < 1.29 is 0 Å². The van der Waals surface area contributed by atoms with Gasteiger partial charge < -0.3 is 0 Å². The van der Waals surface area contributed by atoms with Crippen LogP contribution in [0.3, 0.4) is 0 Å². The van der Waals surface area contributed by atoms with Crippen molar-refractivity contribution in [2.24, 2.45) is 7.05 Å². The Morgan fingerprint density at radius 3 is 2.69 bits per heavy atom. The number of aromatic nitrogens is 2. The fourth-order valence-electron chi connectivity index (χ4n) is 1.97. The van der Waals surface area contributed by atoms with Crippen molar-refractivity contribution in [1.29, 1.82) is 0 Å². The maximum absolute atomic E-state index is 4.59. The zero-order chi connectivity index (χ0) is 11.1. The van der Waals surface area contributed by atoms with Crippen molar-refractivity contribution in [2.45, 2.75) is 6.92 Å². The average molecular weight is 228 g/mol. The predicted octanol–water partition coefficient (Wildman–Crippen LogP) is 3.61. The van der Waals surface area contributed by atoms with E-state index < -0.39 is 0 Å². The third-order valence-corrected chi connectivity index (χ3v) is 3.80. The number of thiophene rings is 1. The van der Waals surface area contributed by atoms with Crippen LogP contribution in [0.1, 0.15) is 4.88 Å². The van der Waals surface area contributed by atoms with Gasteiger partial charge in [-0.1, -0.05) is 30.3 Å². The van der Waals surface area contributed by atoms with Gasteiger partial charge >= 0.3 is 0 Å². The van der Waals surface area contributed by atoms with Crippen LogP contribution in [0.15, 0.2) is 36.4 Å². The molecule has 0 saturated heterocycles. The first-order valence-corrected chi connectivity index (χ1v) is 6.06. The topological polar surface area (TPSA) is 17.8 Å². The number of benzene rings is 1. The molecule has 2 heterocycles. The fraction of sp³-hybridized carbons (Fsp3) is 0.154. The van der Waals surface area contributed by atoms with E-state index in [4.69, 9.17) is 0 Å². The Morgan fingerprint density at radius 1 is 1.19 bits per heavy atom. The van der Waals surface area contributed by atoms with E-state index in [9.17, 15) is 0 Å². The molecule has 0 radical (unpaired) electrons. The zero-order valence-electron chi connectivity index (χ0n) is 9.27. The predicted molar refractivity (Wildman–Crippen MR) is 68.8 cm³/mol. The third-order valence-electron chi connectivity index (χ3n) is 2.68. The van der Waals surface area contributed by atoms with E-state index in [2.05, 4.69) is 42.4 Å². The van der Waals surface area contributed by atoms with Gasteiger partial charge in [-0.25, -0.2) is 0 Å². The number of rotatable bonds is 1. The number of fused-ring (bicyclic) bond motifs is 1. The molecule has 80 valence electrons. The molecule has 3 heteroatoms. The van der Waals surface area contributed by atoms with Gasteiger partial charge in [0.05, 0.1) is 0 Å². The van der Waals surface area contributed by atoms with Gasteiger partial charge in [0, 0.05) is 22.9 Å². The molecule has 1 aromatic carbocycles. The van der Waals surface area contributed by atoms with Crippen LogP contribution in [0.2, 0.25) is 0 Å². The van der Waals surface area contributed by atoms with E-state index in [1.807, 2.05) is 17.8 Å². The van der Waals surface area contributed by atoms with Gasteiger partial charge in [-0.2, -0.15) is 5.10 Å². The van der Waals surface area contributed by atoms with Crippen LogP contribution in [0.4, 0.5) is 0 Å². The van der Waals surface area contributed by atoms with Crippen molar-refractivity contribution in [3.8, 4) is 11.3 Å². The van der Waals surface area contributed by atoms with E-state index in [1.54, 1.807) is 11.3 Å². The molecule has 2 aromatic heterocycles. The van der Waals surface area contributed by atoms with E-state index >= 15 is 0 Å². The van der Waals surface area contributed by atoms with Gasteiger partial charge in [0.2, 0.25) is 0 Å². The monoisotopic (exact) mass is 228 g/mol. The molecule has 0 fully saturated rings. The minimum Gasteiger partial charge on any atom is -0.257 e. The molecule has 3 aromatic rings. The average Bonchev–Trinajstić information content (AvgIpc) is 2.80. The first kappa shape index (κ1) is 9.60. The second-order valence-corrected chi connectivity index (χ2v) is 5.15. The van der Waals surface area contributed by atoms with Crippen molar-refractivity contribution in [3.63, 3.8) is 0 Å². The zero-order valence-corrected chi connectivity index (χ0v) is 10.1. The Balaban J connectivity index is 2.32. The Hall–Kier alpha value is -1.61. The lowest BCUT2D eigenvalue weighted by Crippen LogP contribution is -1.88. The fourth-order valence-corrected chi connectivity index (χ4v) is 2.89. The summed E-state index contributed by atoms with van der Waals surface area (Å²) >= 11 is 1.79. The smallest absolute Gasteiger partial charge is 0.121 e. The molecule has 0 aliphatic heterocycles. The Kier molecular flexibility index (Phi) is 2.07. The maximum Gasteiger partial charge on any atom is 0.121 e. The number of hydrogen-bond donors (Lipinski definition) is 0. The summed E-state index contributed by atoms with van der Waals surface area (Å²) in [5, 5.41) is 5.85. The molecule has 0 aliphatic rings. The van der Waals surface area contributed by atoms with Gasteiger partial charge in [-0.05, 0) is 13.0 Å². The molecule has 0 unspecified atom stereocenters. The molecular weight excluding hydrogens is 216 g/mol. The van der Waals surface area contributed by atoms with E-state index in [0.717, 1.165) is 5.69 Å². The van der Waals surface area contributed by atoms with Crippen LogP contribution in [-0.2, 0) is 7.05 Å². The summed E-state index contributed by atoms with van der Waals surface area (Å²) in [4.78, 5) is 2.58. The third kappa shape index (κ3) is 1.36. The summed E-state index contributed by atoms with van der Waals surface area (Å²) in [6.45, 7) is 2.14. The number of hydrogen-bond acceptors (Lipinski definition) is 2. The minimum absolute atomic E-state index is 1.09. The van der Waals surface area contributed by atoms with Crippen molar-refractivity contribution in [2.75, 3.05) is 0 Å². The molecule has 0 bridgehead atoms. The van der Waals surface area contributed by atoms with Crippen LogP contribution in [0.25, 0.3) is 21.5 Å². The number of nitrogens with zero attached hydrogens (tertiary/aromatic N) is 2. The van der Waals surface area contributed by atoms with E-state index in [1.165, 1.54) is 20.7 Å². The van der Waals surface area contributed by atoms with Gasteiger partial charge in [0.25, 0.3) is 0 Å². The maximum atomic E-state index is 4.59. The SMILES string of the molecule is Cc1cc2c(-c3ccccc3)nn(C)c2s1. The summed E-state index contributed by atoms with van der Waals surface area (Å²) in [5.41, 5.74) is 2.27. The largest absolute Gasteiger partial charge is 0.257 e. The van der Waals surface area contributed by atoms with Gasteiger partial charge in [-0.3, -0.25) is 4.68 Å². The highest BCUT2D eigenvalue weighted by Crippen LogP contribution is 2.32. The van der Waals surface area contributed by atoms with Crippen molar-refractivity contribution in [3.05, 3.63) is 41.3 Å². The Morgan fingerprint density at radius 2 is 1.94 bits per heavy atom. The lowest BCUT2D eigenvalue weighted by Gasteiger charge is -1.95. The summed E-state index contributed by atoms with van der Waals surface area (Å²) in [7, 11) is 2.00. The van der Waals surface area contributed by atoms with Crippen LogP contribution in [0.5, 0.6) is 0 Å². The molecule has 0 amide bonds. The summed E-state index contributed by atoms with van der Waals surface area (Å²) in [6.07, 6.45) is 0. The summed E-state index contributed by atoms with van der Waals surface area (Å²) < 4.78 is 1.97. The number of aryl methyl sites for hydroxylation is 2. The first-order chi connectivity index (χ1) is 7.75. The van der Waals surface area contributed by atoms with Crippen LogP contribution in [0, 0.1) is 6.92 Å². The molecule has 3 rings (SSSR count). The Bertz CT molecular complexity index is 635. The van der Waals surface area contributed by atoms with Crippen molar-refractivity contribution >= 4 is 21.6 Å². The molecule has 0 spiro atoms. The highest BCUT2D eigenvalue weighted by Gasteiger charge is 2.12. The molecule has 16 heavy (non-hydrogen) atoms. The quantitative estimate of drug-likeness (QED) is 0.622. The second kappa shape index (κ2) is 3.46. The van der Waals surface area contributed by atoms with Crippen molar-refractivity contribution in [1.82, 2.24) is 9.78 Å². The lowest BCUT2D eigenvalue weighted by molar-refractivity contribution is 0.806. The molecule has 2 nitrogen and oxygen atoms in total. The standard InChI is InChI=1S/C13H12N2S/c1-9-8-11-12(10-6-4-3-5-7-10)14-15(2)13(11)16-9/h3-8H,1-2H3. The van der Waals surface area contributed by atoms with Crippen LogP contribution >= 0.6 is 11.3 Å². The molecular formula is C13H12N2S. The van der Waals surface area contributed by atoms with Gasteiger partial charge in [0.15, 0.2) is 0 Å². The van der Waals surface area contributed by atoms with Gasteiger partial charge in [-0.15, -0.1) is 11.3 Å². The highest BCUT2D eigenvalue weighted by molar-refractivity contribution is 7.18. The van der Waals surface area contributed by atoms with Gasteiger partial charge in [0.1, 0.15) is 10.5 Å². The lowest BCUT2D eigenvalue weighted by atomic mass is 10.1. The highest BCUT2D eigenvalue weighted by atomic mass is 32.1. The Labute approximate surface area is 98.1 Å². The molecule has 0 saturated carbocycles. The normalized spacial score (nSPS) is 11.1. The van der Waals surface area contributed by atoms with E-state index in [0.29, 0.717) is 0 Å². The molecule has 0 atom stereocenters. The van der Waals surface area contributed by atoms with E-state index in [-0.39, 0.29) is 0 Å². The second-order valence-electron chi connectivity index (χ2n) is 3.91. The molecule has 0 aliphatic carbocycles. The minimum atomic E-state index is 1.09. The first-order valence-electron chi connectivity index (χ1n) is 5.24. The van der Waals surface area contributed by atoms with Crippen LogP contribution < -0.4 is 0 Å². The summed E-state index contributed by atoms with van der Waals surface area (Å²) in [6, 6.07) is 12.6.